The Balaban J connectivity index is 1.99. The molecule has 2 aromatic rings. The lowest BCUT2D eigenvalue weighted by atomic mass is 10.1. The van der Waals surface area contributed by atoms with Gasteiger partial charge in [-0.15, -0.1) is 0 Å². The van der Waals surface area contributed by atoms with Crippen LogP contribution in [0.3, 0.4) is 0 Å². The molecule has 1 heterocycles. The van der Waals surface area contributed by atoms with Crippen molar-refractivity contribution in [1.82, 2.24) is 14.9 Å². The van der Waals surface area contributed by atoms with Crippen molar-refractivity contribution in [2.75, 3.05) is 27.9 Å². The fraction of sp³-hybridized carbons (Fsp3) is 0.400. The summed E-state index contributed by atoms with van der Waals surface area (Å²) in [5.74, 6) is 1.98. The molecule has 6 nitrogen and oxygen atoms in total. The maximum absolute atomic E-state index is 5.45. The molecule has 0 saturated carbocycles. The van der Waals surface area contributed by atoms with E-state index >= 15 is 0 Å². The molecule has 0 radical (unpaired) electrons. The summed E-state index contributed by atoms with van der Waals surface area (Å²) >= 11 is 0. The first-order valence-electron chi connectivity index (χ1n) is 6.74. The van der Waals surface area contributed by atoms with E-state index in [0.717, 1.165) is 18.7 Å². The first-order valence-corrected chi connectivity index (χ1v) is 6.74. The van der Waals surface area contributed by atoms with Gasteiger partial charge in [0.1, 0.15) is 0 Å². The van der Waals surface area contributed by atoms with Gasteiger partial charge < -0.3 is 24.1 Å². The lowest BCUT2D eigenvalue weighted by Crippen LogP contribution is -2.19. The second-order valence-electron chi connectivity index (χ2n) is 4.47. The van der Waals surface area contributed by atoms with Gasteiger partial charge in [0.2, 0.25) is 5.75 Å². The molecule has 2 rings (SSSR count). The second-order valence-corrected chi connectivity index (χ2v) is 4.47. The van der Waals surface area contributed by atoms with E-state index in [2.05, 4.69) is 10.3 Å². The normalized spacial score (nSPS) is 10.4. The Morgan fingerprint density at radius 2 is 1.90 bits per heavy atom. The SMILES string of the molecule is COc1ccc(CNCCn2ccnc2)c(OC)c1OC. The maximum atomic E-state index is 5.45. The smallest absolute Gasteiger partial charge is 0.203 e. The number of aromatic nitrogens is 2. The monoisotopic (exact) mass is 291 g/mol. The van der Waals surface area contributed by atoms with Crippen LogP contribution in [-0.2, 0) is 13.1 Å². The Labute approximate surface area is 124 Å². The molecule has 0 atom stereocenters. The summed E-state index contributed by atoms with van der Waals surface area (Å²) in [6.45, 7) is 2.40. The lowest BCUT2D eigenvalue weighted by Gasteiger charge is -2.16. The molecule has 6 heteroatoms. The van der Waals surface area contributed by atoms with Crippen molar-refractivity contribution in [3.63, 3.8) is 0 Å². The van der Waals surface area contributed by atoms with E-state index in [4.69, 9.17) is 14.2 Å². The van der Waals surface area contributed by atoms with Gasteiger partial charge in [-0.2, -0.15) is 0 Å². The van der Waals surface area contributed by atoms with E-state index in [1.54, 1.807) is 33.9 Å². The molecular formula is C15H21N3O3. The maximum Gasteiger partial charge on any atom is 0.203 e. The van der Waals surface area contributed by atoms with Crippen LogP contribution in [0.1, 0.15) is 5.56 Å². The number of rotatable bonds is 8. The average molecular weight is 291 g/mol. The van der Waals surface area contributed by atoms with Gasteiger partial charge in [0.15, 0.2) is 11.5 Å². The molecule has 114 valence electrons. The fourth-order valence-electron chi connectivity index (χ4n) is 2.15. The van der Waals surface area contributed by atoms with Crippen molar-refractivity contribution in [2.45, 2.75) is 13.1 Å². The van der Waals surface area contributed by atoms with Gasteiger partial charge in [0, 0.05) is 37.6 Å². The molecule has 0 aliphatic carbocycles. The Morgan fingerprint density at radius 3 is 2.52 bits per heavy atom. The second kappa shape index (κ2) is 7.54. The molecule has 1 aromatic heterocycles. The van der Waals surface area contributed by atoms with E-state index in [0.29, 0.717) is 23.8 Å². The predicted octanol–water partition coefficient (Wildman–Crippen LogP) is 1.70. The number of benzene rings is 1. The highest BCUT2D eigenvalue weighted by Crippen LogP contribution is 2.39. The van der Waals surface area contributed by atoms with E-state index in [1.165, 1.54) is 0 Å². The minimum absolute atomic E-state index is 0.619. The first-order chi connectivity index (χ1) is 10.3. The Hall–Kier alpha value is -2.21. The van der Waals surface area contributed by atoms with Crippen LogP contribution in [0.4, 0.5) is 0 Å². The zero-order chi connectivity index (χ0) is 15.1. The van der Waals surface area contributed by atoms with Crippen LogP contribution in [0.15, 0.2) is 30.9 Å². The quantitative estimate of drug-likeness (QED) is 0.750. The summed E-state index contributed by atoms with van der Waals surface area (Å²) < 4.78 is 18.1. The van der Waals surface area contributed by atoms with Crippen molar-refractivity contribution in [2.24, 2.45) is 0 Å². The Bertz CT molecular complexity index is 556. The molecule has 1 aromatic carbocycles. The molecule has 0 unspecified atom stereocenters. The molecule has 0 saturated heterocycles. The van der Waals surface area contributed by atoms with Gasteiger partial charge in [0.25, 0.3) is 0 Å². The average Bonchev–Trinajstić information content (AvgIpc) is 3.03. The highest BCUT2D eigenvalue weighted by atomic mass is 16.5. The van der Waals surface area contributed by atoms with Crippen LogP contribution >= 0.6 is 0 Å². The van der Waals surface area contributed by atoms with Crippen LogP contribution < -0.4 is 19.5 Å². The molecule has 21 heavy (non-hydrogen) atoms. The molecule has 0 bridgehead atoms. The highest BCUT2D eigenvalue weighted by Gasteiger charge is 2.15. The molecule has 0 fully saturated rings. The van der Waals surface area contributed by atoms with E-state index in [9.17, 15) is 0 Å². The predicted molar refractivity (Wildman–Crippen MR) is 80.0 cm³/mol. The molecule has 0 amide bonds. The van der Waals surface area contributed by atoms with Gasteiger partial charge >= 0.3 is 0 Å². The van der Waals surface area contributed by atoms with E-state index < -0.39 is 0 Å². The van der Waals surface area contributed by atoms with Crippen LogP contribution in [0.2, 0.25) is 0 Å². The zero-order valence-electron chi connectivity index (χ0n) is 12.6. The van der Waals surface area contributed by atoms with Gasteiger partial charge in [-0.1, -0.05) is 6.07 Å². The van der Waals surface area contributed by atoms with Crippen LogP contribution in [0.25, 0.3) is 0 Å². The number of methoxy groups -OCH3 is 3. The van der Waals surface area contributed by atoms with Crippen molar-refractivity contribution in [1.29, 1.82) is 0 Å². The van der Waals surface area contributed by atoms with E-state index in [-0.39, 0.29) is 0 Å². The van der Waals surface area contributed by atoms with Crippen LogP contribution in [-0.4, -0.2) is 37.4 Å². The molecule has 0 spiro atoms. The fourth-order valence-corrected chi connectivity index (χ4v) is 2.15. The molecule has 0 aliphatic rings. The lowest BCUT2D eigenvalue weighted by molar-refractivity contribution is 0.321. The Kier molecular flexibility index (Phi) is 5.45. The van der Waals surface area contributed by atoms with Crippen LogP contribution in [0, 0.1) is 0 Å². The van der Waals surface area contributed by atoms with Gasteiger partial charge in [-0.3, -0.25) is 0 Å². The van der Waals surface area contributed by atoms with Crippen molar-refractivity contribution < 1.29 is 14.2 Å². The van der Waals surface area contributed by atoms with E-state index in [1.807, 2.05) is 22.9 Å². The molecule has 1 N–H and O–H groups in total. The summed E-state index contributed by atoms with van der Waals surface area (Å²) in [4.78, 5) is 4.01. The standard InChI is InChI=1S/C15H21N3O3/c1-19-13-5-4-12(14(20-2)15(13)21-3)10-16-6-8-18-9-7-17-11-18/h4-5,7,9,11,16H,6,8,10H2,1-3H3. The zero-order valence-corrected chi connectivity index (χ0v) is 12.6. The van der Waals surface area contributed by atoms with Gasteiger partial charge in [0.05, 0.1) is 27.7 Å². The summed E-state index contributed by atoms with van der Waals surface area (Å²) in [5.41, 5.74) is 1.03. The number of hydrogen-bond acceptors (Lipinski definition) is 5. The van der Waals surface area contributed by atoms with Crippen molar-refractivity contribution in [3.8, 4) is 17.2 Å². The van der Waals surface area contributed by atoms with Crippen LogP contribution in [0.5, 0.6) is 17.2 Å². The third-order valence-corrected chi connectivity index (χ3v) is 3.21. The van der Waals surface area contributed by atoms with Crippen molar-refractivity contribution >= 4 is 0 Å². The summed E-state index contributed by atoms with van der Waals surface area (Å²) in [5, 5.41) is 3.38. The molecular weight excluding hydrogens is 270 g/mol. The number of nitrogens with one attached hydrogen (secondary N) is 1. The third kappa shape index (κ3) is 3.66. The molecule has 0 aliphatic heterocycles. The van der Waals surface area contributed by atoms with Gasteiger partial charge in [-0.25, -0.2) is 4.98 Å². The number of hydrogen-bond donors (Lipinski definition) is 1. The first kappa shape index (κ1) is 15.2. The van der Waals surface area contributed by atoms with Crippen molar-refractivity contribution in [3.05, 3.63) is 36.4 Å². The van der Waals surface area contributed by atoms with Gasteiger partial charge in [-0.05, 0) is 6.07 Å². The largest absolute Gasteiger partial charge is 0.493 e. The third-order valence-electron chi connectivity index (χ3n) is 3.21. The minimum Gasteiger partial charge on any atom is -0.493 e. The number of imidazole rings is 1. The Morgan fingerprint density at radius 1 is 1.10 bits per heavy atom. The summed E-state index contributed by atoms with van der Waals surface area (Å²) in [7, 11) is 4.85. The highest BCUT2D eigenvalue weighted by molar-refractivity contribution is 5.55. The number of ether oxygens (including phenoxy) is 3. The summed E-state index contributed by atoms with van der Waals surface area (Å²) in [6, 6.07) is 3.86. The minimum atomic E-state index is 0.619. The number of nitrogens with zero attached hydrogens (tertiary/aromatic N) is 2. The topological polar surface area (TPSA) is 57.5 Å². The summed E-state index contributed by atoms with van der Waals surface area (Å²) in [6.07, 6.45) is 5.52.